The zero-order valence-electron chi connectivity index (χ0n) is 11.9. The molecule has 1 atom stereocenters. The molecule has 0 amide bonds. The van der Waals surface area contributed by atoms with Crippen LogP contribution >= 0.6 is 0 Å². The summed E-state index contributed by atoms with van der Waals surface area (Å²) < 4.78 is 5.45. The molecule has 0 aromatic carbocycles. The van der Waals surface area contributed by atoms with Crippen LogP contribution in [0.5, 0.6) is 5.75 Å². The highest BCUT2D eigenvalue weighted by Gasteiger charge is 2.22. The molecule has 0 aliphatic carbocycles. The molecular formula is C13H23N5O. The van der Waals surface area contributed by atoms with Crippen LogP contribution in [0, 0.1) is 0 Å². The summed E-state index contributed by atoms with van der Waals surface area (Å²) in [4.78, 5) is 10.8. The van der Waals surface area contributed by atoms with Gasteiger partial charge in [-0.2, -0.15) is 0 Å². The highest BCUT2D eigenvalue weighted by atomic mass is 16.5. The van der Waals surface area contributed by atoms with Gasteiger partial charge < -0.3 is 20.3 Å². The lowest BCUT2D eigenvalue weighted by Gasteiger charge is -2.17. The molecule has 1 aliphatic rings. The molecule has 1 fully saturated rings. The molecule has 1 aromatic heterocycles. The summed E-state index contributed by atoms with van der Waals surface area (Å²) in [5.74, 6) is 2.23. The number of nitrogens with zero attached hydrogens (tertiary/aromatic N) is 3. The van der Waals surface area contributed by atoms with Gasteiger partial charge in [-0.15, -0.1) is 0 Å². The van der Waals surface area contributed by atoms with Gasteiger partial charge in [-0.3, -0.25) is 0 Å². The third kappa shape index (κ3) is 3.47. The van der Waals surface area contributed by atoms with E-state index in [0.29, 0.717) is 11.8 Å². The molecule has 6 nitrogen and oxygen atoms in total. The first-order valence-electron chi connectivity index (χ1n) is 6.82. The monoisotopic (exact) mass is 265 g/mol. The number of hydrogen-bond donors (Lipinski definition) is 2. The van der Waals surface area contributed by atoms with Gasteiger partial charge in [0.1, 0.15) is 6.33 Å². The molecule has 1 saturated heterocycles. The topological polar surface area (TPSA) is 62.3 Å². The fourth-order valence-electron chi connectivity index (χ4n) is 2.29. The van der Waals surface area contributed by atoms with Crippen molar-refractivity contribution in [3.63, 3.8) is 0 Å². The fraction of sp³-hybridized carbons (Fsp3) is 0.692. The van der Waals surface area contributed by atoms with Gasteiger partial charge in [-0.05, 0) is 26.4 Å². The quantitative estimate of drug-likeness (QED) is 0.811. The van der Waals surface area contributed by atoms with Crippen LogP contribution in [0.4, 0.5) is 11.6 Å². The normalized spacial score (nSPS) is 19.4. The number of ether oxygens (including phenoxy) is 1. The number of anilines is 2. The molecule has 0 radical (unpaired) electrons. The van der Waals surface area contributed by atoms with Crippen LogP contribution in [-0.2, 0) is 0 Å². The van der Waals surface area contributed by atoms with Crippen molar-refractivity contribution in [1.82, 2.24) is 14.9 Å². The van der Waals surface area contributed by atoms with E-state index in [1.807, 2.05) is 0 Å². The van der Waals surface area contributed by atoms with Crippen LogP contribution < -0.4 is 15.4 Å². The molecule has 0 saturated carbocycles. The van der Waals surface area contributed by atoms with Crippen LogP contribution in [0.3, 0.4) is 0 Å². The van der Waals surface area contributed by atoms with Crippen molar-refractivity contribution < 1.29 is 4.74 Å². The Morgan fingerprint density at radius 2 is 2.21 bits per heavy atom. The van der Waals surface area contributed by atoms with Crippen molar-refractivity contribution in [2.75, 3.05) is 44.4 Å². The Labute approximate surface area is 114 Å². The summed E-state index contributed by atoms with van der Waals surface area (Å²) in [6, 6.07) is 0.424. The van der Waals surface area contributed by atoms with E-state index in [0.717, 1.165) is 44.1 Å². The highest BCUT2D eigenvalue weighted by molar-refractivity contribution is 5.63. The molecular weight excluding hydrogens is 242 g/mol. The van der Waals surface area contributed by atoms with Gasteiger partial charge in [0.2, 0.25) is 5.75 Å². The van der Waals surface area contributed by atoms with Crippen molar-refractivity contribution in [1.29, 1.82) is 0 Å². The Balaban J connectivity index is 2.10. The number of likely N-dealkylation sites (tertiary alicyclic amines) is 1. The Morgan fingerprint density at radius 3 is 2.84 bits per heavy atom. The first-order valence-corrected chi connectivity index (χ1v) is 6.82. The molecule has 6 heteroatoms. The second kappa shape index (κ2) is 6.56. The van der Waals surface area contributed by atoms with Crippen molar-refractivity contribution in [3.05, 3.63) is 6.33 Å². The number of likely N-dealkylation sites (N-methyl/N-ethyl adjacent to an activating group) is 1. The molecule has 1 aromatic rings. The Bertz CT molecular complexity index is 412. The smallest absolute Gasteiger partial charge is 0.204 e. The largest absolute Gasteiger partial charge is 0.490 e. The third-order valence-corrected chi connectivity index (χ3v) is 3.28. The fourth-order valence-corrected chi connectivity index (χ4v) is 2.29. The van der Waals surface area contributed by atoms with Gasteiger partial charge in [0, 0.05) is 19.1 Å². The zero-order valence-corrected chi connectivity index (χ0v) is 11.9. The maximum atomic E-state index is 5.45. The first-order chi connectivity index (χ1) is 9.24. The van der Waals surface area contributed by atoms with Crippen molar-refractivity contribution >= 4 is 11.6 Å². The molecule has 2 heterocycles. The molecule has 1 aliphatic heterocycles. The van der Waals surface area contributed by atoms with Gasteiger partial charge in [0.05, 0.1) is 7.11 Å². The summed E-state index contributed by atoms with van der Waals surface area (Å²) in [6.07, 6.45) is 3.74. The molecule has 2 N–H and O–H groups in total. The van der Waals surface area contributed by atoms with Gasteiger partial charge >= 0.3 is 0 Å². The summed E-state index contributed by atoms with van der Waals surface area (Å²) >= 11 is 0. The van der Waals surface area contributed by atoms with Crippen LogP contribution in [0.15, 0.2) is 6.33 Å². The van der Waals surface area contributed by atoms with E-state index in [9.17, 15) is 0 Å². The van der Waals surface area contributed by atoms with Gasteiger partial charge in [0.15, 0.2) is 11.6 Å². The number of rotatable bonds is 6. The van der Waals surface area contributed by atoms with Crippen LogP contribution in [0.25, 0.3) is 0 Å². The van der Waals surface area contributed by atoms with E-state index in [1.54, 1.807) is 13.4 Å². The van der Waals surface area contributed by atoms with Gasteiger partial charge in [-0.1, -0.05) is 6.92 Å². The second-order valence-corrected chi connectivity index (χ2v) is 4.92. The lowest BCUT2D eigenvalue weighted by Crippen LogP contribution is -2.24. The lowest BCUT2D eigenvalue weighted by molar-refractivity contribution is 0.409. The van der Waals surface area contributed by atoms with Crippen molar-refractivity contribution in [2.45, 2.75) is 25.8 Å². The van der Waals surface area contributed by atoms with Crippen LogP contribution in [0.1, 0.15) is 19.8 Å². The molecule has 2 rings (SSSR count). The Hall–Kier alpha value is -1.56. The molecule has 19 heavy (non-hydrogen) atoms. The Kier molecular flexibility index (Phi) is 4.79. The van der Waals surface area contributed by atoms with Crippen LogP contribution in [0.2, 0.25) is 0 Å². The Morgan fingerprint density at radius 1 is 1.42 bits per heavy atom. The SMILES string of the molecule is CCCNc1ncnc(NC2CCN(C)C2)c1OC. The number of nitrogens with one attached hydrogen (secondary N) is 2. The number of methoxy groups -OCH3 is 1. The average Bonchev–Trinajstić information content (AvgIpc) is 2.82. The van der Waals surface area contributed by atoms with E-state index in [2.05, 4.69) is 39.5 Å². The third-order valence-electron chi connectivity index (χ3n) is 3.28. The maximum absolute atomic E-state index is 5.45. The lowest BCUT2D eigenvalue weighted by atomic mass is 10.2. The minimum atomic E-state index is 0.424. The minimum absolute atomic E-state index is 0.424. The maximum Gasteiger partial charge on any atom is 0.204 e. The molecule has 1 unspecified atom stereocenters. The van der Waals surface area contributed by atoms with E-state index >= 15 is 0 Å². The standard InChI is InChI=1S/C13H23N5O/c1-4-6-14-12-11(19-3)13(16-9-15-12)17-10-5-7-18(2)8-10/h9-10H,4-8H2,1-3H3,(H2,14,15,16,17). The predicted molar refractivity (Wildman–Crippen MR) is 76.9 cm³/mol. The second-order valence-electron chi connectivity index (χ2n) is 4.92. The van der Waals surface area contributed by atoms with E-state index < -0.39 is 0 Å². The minimum Gasteiger partial charge on any atom is -0.490 e. The van der Waals surface area contributed by atoms with Crippen LogP contribution in [-0.4, -0.2) is 54.7 Å². The van der Waals surface area contributed by atoms with E-state index in [1.165, 1.54) is 0 Å². The zero-order chi connectivity index (χ0) is 13.7. The molecule has 0 bridgehead atoms. The van der Waals surface area contributed by atoms with Crippen molar-refractivity contribution in [2.24, 2.45) is 0 Å². The summed E-state index contributed by atoms with van der Waals surface area (Å²) in [6.45, 7) is 5.14. The van der Waals surface area contributed by atoms with Gasteiger partial charge in [0.25, 0.3) is 0 Å². The molecule has 0 spiro atoms. The summed E-state index contributed by atoms with van der Waals surface area (Å²) in [5, 5.41) is 6.71. The van der Waals surface area contributed by atoms with E-state index in [-0.39, 0.29) is 0 Å². The first kappa shape index (κ1) is 13.9. The number of hydrogen-bond acceptors (Lipinski definition) is 6. The molecule has 106 valence electrons. The summed E-state index contributed by atoms with van der Waals surface area (Å²) in [7, 11) is 3.79. The average molecular weight is 265 g/mol. The van der Waals surface area contributed by atoms with E-state index in [4.69, 9.17) is 4.74 Å². The highest BCUT2D eigenvalue weighted by Crippen LogP contribution is 2.30. The van der Waals surface area contributed by atoms with Gasteiger partial charge in [-0.25, -0.2) is 9.97 Å². The summed E-state index contributed by atoms with van der Waals surface area (Å²) in [5.41, 5.74) is 0. The van der Waals surface area contributed by atoms with Crippen molar-refractivity contribution in [3.8, 4) is 5.75 Å². The predicted octanol–water partition coefficient (Wildman–Crippen LogP) is 1.42. The number of aromatic nitrogens is 2.